The molecule has 2 N–H and O–H groups in total. The average molecular weight is 415 g/mol. The first-order chi connectivity index (χ1) is 14.8. The number of H-pyrrole nitrogens is 1. The average Bonchev–Trinajstić information content (AvgIpc) is 3.52. The molecule has 0 spiro atoms. The van der Waals surface area contributed by atoms with Crippen molar-refractivity contribution in [3.8, 4) is 10.6 Å². The Balaban J connectivity index is 1.41. The monoisotopic (exact) mass is 415 g/mol. The first-order valence-corrected chi connectivity index (χ1v) is 10.3. The van der Waals surface area contributed by atoms with E-state index in [1.54, 1.807) is 24.0 Å². The Morgan fingerprint density at radius 1 is 1.13 bits per heavy atom. The number of aromatic nitrogens is 6. The van der Waals surface area contributed by atoms with Crippen LogP contribution in [0, 0.1) is 0 Å². The van der Waals surface area contributed by atoms with Gasteiger partial charge in [0, 0.05) is 42.0 Å². The third-order valence-electron chi connectivity index (χ3n) is 4.68. The van der Waals surface area contributed by atoms with Crippen LogP contribution in [-0.4, -0.2) is 35.6 Å². The smallest absolute Gasteiger partial charge is 0.277 e. The highest BCUT2D eigenvalue weighted by Gasteiger charge is 2.17. The number of aryl methyl sites for hydroxylation is 2. The lowest BCUT2D eigenvalue weighted by molar-refractivity contribution is 0.102. The van der Waals surface area contributed by atoms with E-state index in [1.807, 2.05) is 47.0 Å². The molecule has 8 nitrogen and oxygen atoms in total. The van der Waals surface area contributed by atoms with Crippen LogP contribution in [0.3, 0.4) is 0 Å². The van der Waals surface area contributed by atoms with Gasteiger partial charge in [0.1, 0.15) is 10.7 Å². The lowest BCUT2D eigenvalue weighted by Crippen LogP contribution is -2.17. The molecule has 0 bridgehead atoms. The molecule has 0 radical (unpaired) electrons. The zero-order valence-electron chi connectivity index (χ0n) is 15.8. The van der Waals surface area contributed by atoms with E-state index in [-0.39, 0.29) is 5.91 Å². The molecule has 1 amide bonds. The Morgan fingerprint density at radius 2 is 2.03 bits per heavy atom. The van der Waals surface area contributed by atoms with E-state index in [4.69, 9.17) is 0 Å². The van der Waals surface area contributed by atoms with Crippen molar-refractivity contribution in [3.05, 3.63) is 77.8 Å². The van der Waals surface area contributed by atoms with Crippen LogP contribution < -0.4 is 5.32 Å². The maximum atomic E-state index is 12.8. The molecule has 0 aliphatic rings. The Morgan fingerprint density at radius 3 is 2.87 bits per heavy atom. The van der Waals surface area contributed by atoms with Crippen LogP contribution in [0.1, 0.15) is 16.2 Å². The van der Waals surface area contributed by atoms with Crippen LogP contribution >= 0.6 is 11.3 Å². The van der Waals surface area contributed by atoms with Crippen molar-refractivity contribution in [2.45, 2.75) is 13.0 Å². The van der Waals surface area contributed by atoms with Gasteiger partial charge in [0.15, 0.2) is 0 Å². The molecule has 4 aromatic heterocycles. The minimum Gasteiger partial charge on any atom is -0.310 e. The number of nitrogens with one attached hydrogen (secondary N) is 2. The van der Waals surface area contributed by atoms with E-state index in [0.29, 0.717) is 18.2 Å². The number of amides is 1. The minimum absolute atomic E-state index is 0.296. The molecule has 0 saturated heterocycles. The van der Waals surface area contributed by atoms with Crippen molar-refractivity contribution in [2.24, 2.45) is 0 Å². The van der Waals surface area contributed by atoms with Gasteiger partial charge in [-0.3, -0.25) is 20.2 Å². The lowest BCUT2D eigenvalue weighted by Gasteiger charge is -2.09. The number of aromatic amines is 1. The van der Waals surface area contributed by atoms with Gasteiger partial charge in [-0.2, -0.15) is 5.10 Å². The molecule has 148 valence electrons. The van der Waals surface area contributed by atoms with Gasteiger partial charge in [0.2, 0.25) is 5.95 Å². The summed E-state index contributed by atoms with van der Waals surface area (Å²) in [5.41, 5.74) is 3.96. The summed E-state index contributed by atoms with van der Waals surface area (Å²) in [4.78, 5) is 26.3. The van der Waals surface area contributed by atoms with Crippen molar-refractivity contribution in [3.63, 3.8) is 0 Å². The fraction of sp³-hybridized carbons (Fsp3) is 0.0952. The molecule has 0 aliphatic carbocycles. The van der Waals surface area contributed by atoms with Crippen LogP contribution in [-0.2, 0) is 13.0 Å². The Labute approximate surface area is 175 Å². The highest BCUT2D eigenvalue weighted by atomic mass is 32.1. The van der Waals surface area contributed by atoms with Gasteiger partial charge in [-0.15, -0.1) is 11.3 Å². The van der Waals surface area contributed by atoms with Gasteiger partial charge in [-0.25, -0.2) is 9.97 Å². The second kappa shape index (κ2) is 7.88. The number of benzene rings is 1. The second-order valence-electron chi connectivity index (χ2n) is 6.63. The second-order valence-corrected chi connectivity index (χ2v) is 7.48. The Hall–Kier alpha value is -3.85. The Bertz CT molecular complexity index is 1290. The molecule has 4 heterocycles. The molecule has 5 rings (SSSR count). The summed E-state index contributed by atoms with van der Waals surface area (Å²) in [6.07, 6.45) is 5.93. The van der Waals surface area contributed by atoms with E-state index >= 15 is 0 Å². The first kappa shape index (κ1) is 18.2. The molecule has 5 aromatic rings. The number of rotatable bonds is 6. The van der Waals surface area contributed by atoms with Crippen LogP contribution in [0.2, 0.25) is 0 Å². The van der Waals surface area contributed by atoms with E-state index in [0.717, 1.165) is 33.7 Å². The van der Waals surface area contributed by atoms with Crippen molar-refractivity contribution in [1.29, 1.82) is 0 Å². The summed E-state index contributed by atoms with van der Waals surface area (Å²) in [5, 5.41) is 12.1. The van der Waals surface area contributed by atoms with Gasteiger partial charge in [0.05, 0.1) is 17.2 Å². The predicted octanol–water partition coefficient (Wildman–Crippen LogP) is 3.77. The summed E-state index contributed by atoms with van der Waals surface area (Å²) in [7, 11) is 0. The maximum absolute atomic E-state index is 12.8. The van der Waals surface area contributed by atoms with Gasteiger partial charge >= 0.3 is 0 Å². The number of pyridine rings is 1. The zero-order chi connectivity index (χ0) is 20.3. The number of imidazole rings is 1. The fourth-order valence-electron chi connectivity index (χ4n) is 3.21. The number of para-hydroxylation sites is 2. The number of anilines is 1. The molecule has 0 atom stereocenters. The molecule has 1 aromatic carbocycles. The van der Waals surface area contributed by atoms with Crippen LogP contribution in [0.25, 0.3) is 21.6 Å². The fourth-order valence-corrected chi connectivity index (χ4v) is 4.00. The molecule has 0 unspecified atom stereocenters. The van der Waals surface area contributed by atoms with Crippen molar-refractivity contribution < 1.29 is 4.79 Å². The maximum Gasteiger partial charge on any atom is 0.277 e. The highest BCUT2D eigenvalue weighted by Crippen LogP contribution is 2.24. The van der Waals surface area contributed by atoms with Gasteiger partial charge in [-0.05, 0) is 24.3 Å². The normalized spacial score (nSPS) is 11.1. The number of hydrogen-bond acceptors (Lipinski definition) is 6. The quantitative estimate of drug-likeness (QED) is 0.440. The molecule has 9 heteroatoms. The van der Waals surface area contributed by atoms with Crippen molar-refractivity contribution in [1.82, 2.24) is 29.7 Å². The molecule has 0 aliphatic heterocycles. The summed E-state index contributed by atoms with van der Waals surface area (Å²) >= 11 is 1.40. The standard InChI is InChI=1S/C21H17N7OS/c29-19(17-13-30-20(25-17)14-11-23-24-12-14)27-21-26-16-6-1-2-7-18(16)28(21)10-8-15-5-3-4-9-22-15/h1-7,9,11-13H,8,10H2,(H,23,24)(H,26,27,29). The number of hydrogen-bond donors (Lipinski definition) is 2. The molecule has 0 saturated carbocycles. The van der Waals surface area contributed by atoms with Crippen molar-refractivity contribution in [2.75, 3.05) is 5.32 Å². The highest BCUT2D eigenvalue weighted by molar-refractivity contribution is 7.13. The van der Waals surface area contributed by atoms with Crippen LogP contribution in [0.5, 0.6) is 0 Å². The minimum atomic E-state index is -0.296. The van der Waals surface area contributed by atoms with Crippen LogP contribution in [0.15, 0.2) is 66.4 Å². The van der Waals surface area contributed by atoms with E-state index in [1.165, 1.54) is 11.3 Å². The van der Waals surface area contributed by atoms with Gasteiger partial charge in [-0.1, -0.05) is 18.2 Å². The van der Waals surface area contributed by atoms with Crippen molar-refractivity contribution >= 4 is 34.2 Å². The third-order valence-corrected chi connectivity index (χ3v) is 5.57. The summed E-state index contributed by atoms with van der Waals surface area (Å²) in [6.45, 7) is 0.643. The van der Waals surface area contributed by atoms with Crippen LogP contribution in [0.4, 0.5) is 5.95 Å². The van der Waals surface area contributed by atoms with E-state index < -0.39 is 0 Å². The van der Waals surface area contributed by atoms with Gasteiger partial charge in [0.25, 0.3) is 5.91 Å². The van der Waals surface area contributed by atoms with Gasteiger partial charge < -0.3 is 4.57 Å². The Kier molecular flexibility index (Phi) is 4.78. The lowest BCUT2D eigenvalue weighted by atomic mass is 10.2. The largest absolute Gasteiger partial charge is 0.310 e. The number of thiazole rings is 1. The summed E-state index contributed by atoms with van der Waals surface area (Å²) in [5.74, 6) is 0.199. The molecular formula is C21H17N7OS. The van der Waals surface area contributed by atoms with E-state index in [2.05, 4.69) is 30.5 Å². The number of fused-ring (bicyclic) bond motifs is 1. The summed E-state index contributed by atoms with van der Waals surface area (Å²) < 4.78 is 2.01. The molecular weight excluding hydrogens is 398 g/mol. The molecule has 0 fully saturated rings. The predicted molar refractivity (Wildman–Crippen MR) is 115 cm³/mol. The molecule has 30 heavy (non-hydrogen) atoms. The third kappa shape index (κ3) is 3.58. The summed E-state index contributed by atoms with van der Waals surface area (Å²) in [6, 6.07) is 13.7. The number of carbonyl (C=O) groups excluding carboxylic acids is 1. The number of carbonyl (C=O) groups is 1. The first-order valence-electron chi connectivity index (χ1n) is 9.39. The zero-order valence-corrected chi connectivity index (χ0v) is 16.6. The SMILES string of the molecule is O=C(Nc1nc2ccccc2n1CCc1ccccn1)c1csc(-c2cn[nH]c2)n1. The number of nitrogens with zero attached hydrogens (tertiary/aromatic N) is 5. The topological polar surface area (TPSA) is 101 Å². The van der Waals surface area contributed by atoms with E-state index in [9.17, 15) is 4.79 Å².